The van der Waals surface area contributed by atoms with Gasteiger partial charge in [-0.2, -0.15) is 0 Å². The van der Waals surface area contributed by atoms with Crippen LogP contribution in [0.1, 0.15) is 0 Å². The molecule has 6 nitrogen and oxygen atoms in total. The largest absolute Gasteiger partial charge is 0.327 e. The number of hydrogen-bond donors (Lipinski definition) is 2. The Kier molecular flexibility index (Phi) is 3.94. The van der Waals surface area contributed by atoms with Crippen molar-refractivity contribution >= 4 is 15.7 Å². The standard InChI is InChI=1S/C16H13N3O3S/c20-16-15(19-23(21,22)14-4-2-1-3-5-14)10-13(11-18-16)12-6-8-17-9-7-12/h1-11,19H,(H,18,20). The summed E-state index contributed by atoms with van der Waals surface area (Å²) in [5.74, 6) is 0. The molecule has 116 valence electrons. The Hall–Kier alpha value is -2.93. The van der Waals surface area contributed by atoms with Crippen LogP contribution in [-0.4, -0.2) is 18.4 Å². The molecule has 0 saturated heterocycles. The molecule has 1 aromatic carbocycles. The van der Waals surface area contributed by atoms with Crippen molar-refractivity contribution in [2.75, 3.05) is 4.72 Å². The summed E-state index contributed by atoms with van der Waals surface area (Å²) in [5, 5.41) is 0. The quantitative estimate of drug-likeness (QED) is 0.768. The van der Waals surface area contributed by atoms with Crippen molar-refractivity contribution < 1.29 is 8.42 Å². The molecular weight excluding hydrogens is 314 g/mol. The van der Waals surface area contributed by atoms with Crippen LogP contribution in [0.3, 0.4) is 0 Å². The van der Waals surface area contributed by atoms with Gasteiger partial charge in [-0.25, -0.2) is 8.42 Å². The molecule has 23 heavy (non-hydrogen) atoms. The zero-order valence-corrected chi connectivity index (χ0v) is 12.7. The van der Waals surface area contributed by atoms with Gasteiger partial charge in [0.05, 0.1) is 4.90 Å². The Labute approximate surface area is 132 Å². The molecule has 0 spiro atoms. The normalized spacial score (nSPS) is 11.1. The molecule has 0 saturated carbocycles. The van der Waals surface area contributed by atoms with Crippen LogP contribution < -0.4 is 10.3 Å². The first-order chi connectivity index (χ1) is 11.1. The van der Waals surface area contributed by atoms with E-state index in [4.69, 9.17) is 0 Å². The van der Waals surface area contributed by atoms with E-state index < -0.39 is 15.6 Å². The molecule has 7 heteroatoms. The maximum Gasteiger partial charge on any atom is 0.272 e. The van der Waals surface area contributed by atoms with E-state index in [2.05, 4.69) is 14.7 Å². The van der Waals surface area contributed by atoms with Crippen molar-refractivity contribution in [2.24, 2.45) is 0 Å². The highest BCUT2D eigenvalue weighted by Gasteiger charge is 2.15. The molecule has 0 aliphatic carbocycles. The molecule has 0 unspecified atom stereocenters. The lowest BCUT2D eigenvalue weighted by Crippen LogP contribution is -2.20. The summed E-state index contributed by atoms with van der Waals surface area (Å²) in [6.45, 7) is 0. The predicted molar refractivity (Wildman–Crippen MR) is 87.5 cm³/mol. The average Bonchev–Trinajstić information content (AvgIpc) is 2.58. The Morgan fingerprint density at radius 3 is 2.35 bits per heavy atom. The van der Waals surface area contributed by atoms with Gasteiger partial charge in [0.15, 0.2) is 0 Å². The van der Waals surface area contributed by atoms with E-state index in [9.17, 15) is 13.2 Å². The van der Waals surface area contributed by atoms with Crippen LogP contribution in [0.4, 0.5) is 5.69 Å². The number of hydrogen-bond acceptors (Lipinski definition) is 4. The molecular formula is C16H13N3O3S. The van der Waals surface area contributed by atoms with Gasteiger partial charge in [0, 0.05) is 24.2 Å². The molecule has 0 atom stereocenters. The fraction of sp³-hybridized carbons (Fsp3) is 0. The lowest BCUT2D eigenvalue weighted by Gasteiger charge is -2.09. The first-order valence-corrected chi connectivity index (χ1v) is 8.25. The van der Waals surface area contributed by atoms with E-state index in [1.165, 1.54) is 24.4 Å². The van der Waals surface area contributed by atoms with E-state index in [-0.39, 0.29) is 10.6 Å². The van der Waals surface area contributed by atoms with Crippen molar-refractivity contribution in [3.05, 3.63) is 77.5 Å². The second-order valence-corrected chi connectivity index (χ2v) is 6.47. The third-order valence-electron chi connectivity index (χ3n) is 3.21. The first-order valence-electron chi connectivity index (χ1n) is 6.77. The van der Waals surface area contributed by atoms with Crippen LogP contribution in [0.25, 0.3) is 11.1 Å². The third kappa shape index (κ3) is 3.29. The number of aromatic amines is 1. The molecule has 2 heterocycles. The molecule has 0 fully saturated rings. The van der Waals surface area contributed by atoms with Gasteiger partial charge in [-0.1, -0.05) is 18.2 Å². The fourth-order valence-corrected chi connectivity index (χ4v) is 3.15. The lowest BCUT2D eigenvalue weighted by atomic mass is 10.1. The number of aromatic nitrogens is 2. The van der Waals surface area contributed by atoms with E-state index in [1.54, 1.807) is 42.7 Å². The van der Waals surface area contributed by atoms with Crippen molar-refractivity contribution in [2.45, 2.75) is 4.90 Å². The molecule has 0 amide bonds. The molecule has 0 aliphatic rings. The highest BCUT2D eigenvalue weighted by atomic mass is 32.2. The van der Waals surface area contributed by atoms with Gasteiger partial charge in [0.25, 0.3) is 15.6 Å². The summed E-state index contributed by atoms with van der Waals surface area (Å²) in [5.41, 5.74) is 0.944. The number of nitrogens with one attached hydrogen (secondary N) is 2. The number of H-pyrrole nitrogens is 1. The fourth-order valence-electron chi connectivity index (χ4n) is 2.07. The van der Waals surface area contributed by atoms with E-state index in [0.717, 1.165) is 5.56 Å². The summed E-state index contributed by atoms with van der Waals surface area (Å²) < 4.78 is 27.0. The minimum atomic E-state index is -3.82. The Bertz CT molecular complexity index is 968. The molecule has 0 aliphatic heterocycles. The maximum atomic E-state index is 12.3. The summed E-state index contributed by atoms with van der Waals surface area (Å²) >= 11 is 0. The summed E-state index contributed by atoms with van der Waals surface area (Å²) in [6, 6.07) is 12.9. The maximum absolute atomic E-state index is 12.3. The topological polar surface area (TPSA) is 91.9 Å². The number of benzene rings is 1. The van der Waals surface area contributed by atoms with Crippen molar-refractivity contribution in [1.29, 1.82) is 0 Å². The summed E-state index contributed by atoms with van der Waals surface area (Å²) in [6.07, 6.45) is 4.76. The number of sulfonamides is 1. The Morgan fingerprint density at radius 2 is 1.65 bits per heavy atom. The zero-order chi connectivity index (χ0) is 16.3. The van der Waals surface area contributed by atoms with Crippen LogP contribution in [0.5, 0.6) is 0 Å². The molecule has 0 radical (unpaired) electrons. The van der Waals surface area contributed by atoms with Crippen molar-refractivity contribution in [1.82, 2.24) is 9.97 Å². The molecule has 3 rings (SSSR count). The van der Waals surface area contributed by atoms with Gasteiger partial charge in [0.1, 0.15) is 5.69 Å². The molecule has 0 bridgehead atoms. The van der Waals surface area contributed by atoms with Crippen LogP contribution in [0, 0.1) is 0 Å². The van der Waals surface area contributed by atoms with Gasteiger partial charge in [-0.05, 0) is 35.9 Å². The number of nitrogens with zero attached hydrogens (tertiary/aromatic N) is 1. The highest BCUT2D eigenvalue weighted by molar-refractivity contribution is 7.92. The van der Waals surface area contributed by atoms with E-state index in [0.29, 0.717) is 5.56 Å². The van der Waals surface area contributed by atoms with Crippen LogP contribution in [-0.2, 0) is 10.0 Å². The second-order valence-electron chi connectivity index (χ2n) is 4.79. The van der Waals surface area contributed by atoms with E-state index in [1.807, 2.05) is 0 Å². The van der Waals surface area contributed by atoms with Crippen molar-refractivity contribution in [3.8, 4) is 11.1 Å². The number of anilines is 1. The van der Waals surface area contributed by atoms with E-state index >= 15 is 0 Å². The first kappa shape index (κ1) is 15.0. The molecule has 2 aromatic heterocycles. The minimum absolute atomic E-state index is 0.0387. The van der Waals surface area contributed by atoms with Crippen molar-refractivity contribution in [3.63, 3.8) is 0 Å². The van der Waals surface area contributed by atoms with Gasteiger partial charge >= 0.3 is 0 Å². The second kappa shape index (κ2) is 6.05. The lowest BCUT2D eigenvalue weighted by molar-refractivity contribution is 0.601. The monoisotopic (exact) mass is 327 g/mol. The minimum Gasteiger partial charge on any atom is -0.327 e. The van der Waals surface area contributed by atoms with Gasteiger partial charge < -0.3 is 4.98 Å². The van der Waals surface area contributed by atoms with Crippen LogP contribution in [0.2, 0.25) is 0 Å². The Balaban J connectivity index is 1.99. The SMILES string of the molecule is O=c1[nH]cc(-c2ccncc2)cc1NS(=O)(=O)c1ccccc1. The number of rotatable bonds is 4. The highest BCUT2D eigenvalue weighted by Crippen LogP contribution is 2.20. The smallest absolute Gasteiger partial charge is 0.272 e. The summed E-state index contributed by atoms with van der Waals surface area (Å²) in [4.78, 5) is 18.5. The van der Waals surface area contributed by atoms with Gasteiger partial charge in [-0.3, -0.25) is 14.5 Å². The van der Waals surface area contributed by atoms with Gasteiger partial charge in [-0.15, -0.1) is 0 Å². The zero-order valence-electron chi connectivity index (χ0n) is 11.9. The van der Waals surface area contributed by atoms with Crippen LogP contribution >= 0.6 is 0 Å². The van der Waals surface area contributed by atoms with Crippen LogP contribution in [0.15, 0.2) is 76.8 Å². The number of pyridine rings is 2. The third-order valence-corrected chi connectivity index (χ3v) is 4.60. The predicted octanol–water partition coefficient (Wildman–Crippen LogP) is 2.24. The Morgan fingerprint density at radius 1 is 0.957 bits per heavy atom. The average molecular weight is 327 g/mol. The molecule has 2 N–H and O–H groups in total. The molecule has 3 aromatic rings. The van der Waals surface area contributed by atoms with Gasteiger partial charge in [0.2, 0.25) is 0 Å². The summed E-state index contributed by atoms with van der Waals surface area (Å²) in [7, 11) is -3.82.